The van der Waals surface area contributed by atoms with Crippen molar-refractivity contribution in [2.45, 2.75) is 39.0 Å². The highest BCUT2D eigenvalue weighted by Crippen LogP contribution is 2.12. The van der Waals surface area contributed by atoms with Gasteiger partial charge in [-0.05, 0) is 45.0 Å². The zero-order valence-corrected chi connectivity index (χ0v) is 19.2. The molecular weight excluding hydrogens is 455 g/mol. The van der Waals surface area contributed by atoms with E-state index in [0.29, 0.717) is 6.54 Å². The van der Waals surface area contributed by atoms with E-state index in [9.17, 15) is 0 Å². The first kappa shape index (κ1) is 24.1. The largest absolute Gasteiger partial charge is 0.379 e. The van der Waals surface area contributed by atoms with Crippen molar-refractivity contribution in [1.82, 2.24) is 15.5 Å². The molecule has 1 atom stereocenters. The Kier molecular flexibility index (Phi) is 12.6. The van der Waals surface area contributed by atoms with Gasteiger partial charge < -0.3 is 25.0 Å². The molecule has 6 nitrogen and oxygen atoms in total. The van der Waals surface area contributed by atoms with Gasteiger partial charge >= 0.3 is 0 Å². The van der Waals surface area contributed by atoms with Crippen LogP contribution in [0, 0.1) is 0 Å². The lowest BCUT2D eigenvalue weighted by atomic mass is 10.1. The van der Waals surface area contributed by atoms with Crippen molar-refractivity contribution < 1.29 is 9.47 Å². The zero-order chi connectivity index (χ0) is 18.6. The lowest BCUT2D eigenvalue weighted by Gasteiger charge is -2.15. The Morgan fingerprint density at radius 2 is 2.04 bits per heavy atom. The average molecular weight is 490 g/mol. The van der Waals surface area contributed by atoms with Gasteiger partial charge in [0.15, 0.2) is 5.96 Å². The van der Waals surface area contributed by atoms with E-state index >= 15 is 0 Å². The molecule has 7 heteroatoms. The Labute approximate surface area is 181 Å². The van der Waals surface area contributed by atoms with Gasteiger partial charge in [0.25, 0.3) is 0 Å². The van der Waals surface area contributed by atoms with Gasteiger partial charge in [-0.1, -0.05) is 24.3 Å². The summed E-state index contributed by atoms with van der Waals surface area (Å²) in [4.78, 5) is 6.92. The van der Waals surface area contributed by atoms with E-state index in [0.717, 1.165) is 58.3 Å². The molecule has 0 radical (unpaired) electrons. The van der Waals surface area contributed by atoms with Crippen LogP contribution in [0.2, 0.25) is 0 Å². The molecule has 0 aromatic heterocycles. The Balaban J connectivity index is 0.00000364. The first-order chi connectivity index (χ1) is 12.7. The van der Waals surface area contributed by atoms with Crippen molar-refractivity contribution in [3.8, 4) is 0 Å². The van der Waals surface area contributed by atoms with Gasteiger partial charge in [0.05, 0.1) is 19.3 Å². The monoisotopic (exact) mass is 490 g/mol. The molecule has 1 aliphatic heterocycles. The fourth-order valence-electron chi connectivity index (χ4n) is 2.89. The van der Waals surface area contributed by atoms with Gasteiger partial charge in [0, 0.05) is 32.8 Å². The molecule has 1 aromatic rings. The van der Waals surface area contributed by atoms with Crippen LogP contribution >= 0.6 is 24.0 Å². The number of ether oxygens (including phenoxy) is 2. The second-order valence-electron chi connectivity index (χ2n) is 6.84. The fourth-order valence-corrected chi connectivity index (χ4v) is 2.89. The van der Waals surface area contributed by atoms with E-state index in [1.807, 2.05) is 0 Å². The van der Waals surface area contributed by atoms with Crippen molar-refractivity contribution in [2.24, 2.45) is 4.99 Å². The smallest absolute Gasteiger partial charge is 0.191 e. The van der Waals surface area contributed by atoms with Crippen LogP contribution in [0.4, 0.5) is 0 Å². The molecule has 2 N–H and O–H groups in total. The van der Waals surface area contributed by atoms with E-state index < -0.39 is 0 Å². The van der Waals surface area contributed by atoms with Gasteiger partial charge in [0.1, 0.15) is 0 Å². The summed E-state index contributed by atoms with van der Waals surface area (Å²) in [6.45, 7) is 7.71. The van der Waals surface area contributed by atoms with Gasteiger partial charge in [0.2, 0.25) is 0 Å². The molecule has 1 fully saturated rings. The molecule has 1 saturated heterocycles. The number of benzene rings is 1. The molecule has 0 amide bonds. The summed E-state index contributed by atoms with van der Waals surface area (Å²) in [6, 6.07) is 8.50. The SMILES string of the molecule is CCNC(=NCc1ccccc1CN(C)C)NCCCOC1CCOC1.I. The summed E-state index contributed by atoms with van der Waals surface area (Å²) in [5.41, 5.74) is 2.59. The predicted octanol–water partition coefficient (Wildman–Crippen LogP) is 2.62. The van der Waals surface area contributed by atoms with Crippen LogP contribution in [0.25, 0.3) is 0 Å². The number of nitrogens with zero attached hydrogens (tertiary/aromatic N) is 2. The van der Waals surface area contributed by atoms with E-state index in [1.165, 1.54) is 11.1 Å². The number of halogens is 1. The summed E-state index contributed by atoms with van der Waals surface area (Å²) in [5.74, 6) is 0.858. The highest BCUT2D eigenvalue weighted by molar-refractivity contribution is 14.0. The Hall–Kier alpha value is -0.900. The molecule has 0 aliphatic carbocycles. The lowest BCUT2D eigenvalue weighted by Crippen LogP contribution is -2.38. The van der Waals surface area contributed by atoms with Crippen LogP contribution in [0.1, 0.15) is 30.9 Å². The van der Waals surface area contributed by atoms with Crippen LogP contribution in [0.5, 0.6) is 0 Å². The molecule has 1 aromatic carbocycles. The zero-order valence-electron chi connectivity index (χ0n) is 16.9. The summed E-state index contributed by atoms with van der Waals surface area (Å²) in [5, 5.41) is 6.71. The molecule has 0 bridgehead atoms. The minimum Gasteiger partial charge on any atom is -0.379 e. The summed E-state index contributed by atoms with van der Waals surface area (Å²) >= 11 is 0. The maximum Gasteiger partial charge on any atom is 0.191 e. The third-order valence-corrected chi connectivity index (χ3v) is 4.21. The van der Waals surface area contributed by atoms with Crippen molar-refractivity contribution in [1.29, 1.82) is 0 Å². The van der Waals surface area contributed by atoms with E-state index in [2.05, 4.69) is 60.8 Å². The molecule has 1 heterocycles. The molecule has 27 heavy (non-hydrogen) atoms. The summed E-state index contributed by atoms with van der Waals surface area (Å²) in [7, 11) is 4.18. The predicted molar refractivity (Wildman–Crippen MR) is 122 cm³/mol. The molecular formula is C20H35IN4O2. The standard InChI is InChI=1S/C20H34N4O2.HI/c1-4-21-20(22-11-7-12-26-19-10-13-25-16-19)23-14-17-8-5-6-9-18(17)15-24(2)3;/h5-6,8-9,19H,4,7,10-16H2,1-3H3,(H2,21,22,23);1H. The Morgan fingerprint density at radius 3 is 2.70 bits per heavy atom. The van der Waals surface area contributed by atoms with Gasteiger partial charge in [-0.25, -0.2) is 4.99 Å². The maximum absolute atomic E-state index is 5.80. The maximum atomic E-state index is 5.80. The van der Waals surface area contributed by atoms with Crippen molar-refractivity contribution in [3.63, 3.8) is 0 Å². The van der Waals surface area contributed by atoms with Crippen LogP contribution < -0.4 is 10.6 Å². The first-order valence-electron chi connectivity index (χ1n) is 9.62. The molecule has 0 spiro atoms. The molecule has 1 unspecified atom stereocenters. The lowest BCUT2D eigenvalue weighted by molar-refractivity contribution is 0.0420. The Morgan fingerprint density at radius 1 is 1.26 bits per heavy atom. The molecule has 1 aliphatic rings. The number of rotatable bonds is 10. The number of aliphatic imine (C=N–C) groups is 1. The first-order valence-corrected chi connectivity index (χ1v) is 9.62. The second-order valence-corrected chi connectivity index (χ2v) is 6.84. The minimum atomic E-state index is 0. The third-order valence-electron chi connectivity index (χ3n) is 4.21. The normalized spacial score (nSPS) is 17.0. The number of guanidine groups is 1. The molecule has 0 saturated carbocycles. The molecule has 2 rings (SSSR count). The van der Waals surface area contributed by atoms with Gasteiger partial charge in [-0.15, -0.1) is 24.0 Å². The minimum absolute atomic E-state index is 0. The number of hydrogen-bond acceptors (Lipinski definition) is 4. The number of nitrogens with one attached hydrogen (secondary N) is 2. The van der Waals surface area contributed by atoms with Crippen LogP contribution in [0.3, 0.4) is 0 Å². The number of hydrogen-bond donors (Lipinski definition) is 2. The van der Waals surface area contributed by atoms with Crippen LogP contribution in [-0.2, 0) is 22.6 Å². The quantitative estimate of drug-likeness (QED) is 0.229. The van der Waals surface area contributed by atoms with E-state index in [4.69, 9.17) is 14.5 Å². The second kappa shape index (κ2) is 14.1. The topological polar surface area (TPSA) is 58.1 Å². The third kappa shape index (κ3) is 9.73. The van der Waals surface area contributed by atoms with Crippen molar-refractivity contribution in [2.75, 3.05) is 47.0 Å². The Bertz CT molecular complexity index is 549. The average Bonchev–Trinajstić information content (AvgIpc) is 3.13. The van der Waals surface area contributed by atoms with Crippen LogP contribution in [0.15, 0.2) is 29.3 Å². The molecule has 154 valence electrons. The van der Waals surface area contributed by atoms with E-state index in [-0.39, 0.29) is 30.1 Å². The van der Waals surface area contributed by atoms with Crippen LogP contribution in [-0.4, -0.2) is 64.0 Å². The highest BCUT2D eigenvalue weighted by atomic mass is 127. The summed E-state index contributed by atoms with van der Waals surface area (Å²) < 4.78 is 11.1. The van der Waals surface area contributed by atoms with Crippen molar-refractivity contribution >= 4 is 29.9 Å². The van der Waals surface area contributed by atoms with Gasteiger partial charge in [-0.3, -0.25) is 0 Å². The van der Waals surface area contributed by atoms with Crippen molar-refractivity contribution in [3.05, 3.63) is 35.4 Å². The van der Waals surface area contributed by atoms with E-state index in [1.54, 1.807) is 0 Å². The van der Waals surface area contributed by atoms with Gasteiger partial charge in [-0.2, -0.15) is 0 Å². The highest BCUT2D eigenvalue weighted by Gasteiger charge is 2.15. The summed E-state index contributed by atoms with van der Waals surface area (Å²) in [6.07, 6.45) is 2.26. The fraction of sp³-hybridized carbons (Fsp3) is 0.650.